The van der Waals surface area contributed by atoms with Crippen LogP contribution in [0.3, 0.4) is 0 Å². The number of aliphatic hydroxyl groups excluding tert-OH is 3. The third kappa shape index (κ3) is 26.9. The molecule has 15 atom stereocenters. The quantitative estimate of drug-likeness (QED) is 0.0242. The number of aromatic amines is 2. The fourth-order valence-corrected chi connectivity index (χ4v) is 18.1. The molecule has 0 unspecified atom stereocenters. The second kappa shape index (κ2) is 48.4. The number of hydrogen-bond acceptors (Lipinski definition) is 25. The summed E-state index contributed by atoms with van der Waals surface area (Å²) in [6.07, 6.45) is 1.84. The Balaban J connectivity index is 1.02. The van der Waals surface area contributed by atoms with Gasteiger partial charge in [-0.05, 0) is 73.9 Å². The second-order valence-corrected chi connectivity index (χ2v) is 35.0. The molecule has 3 fully saturated rings. The number of imidazole rings is 1. The van der Waals surface area contributed by atoms with Crippen molar-refractivity contribution < 1.29 is 111 Å². The first-order chi connectivity index (χ1) is 64.4. The number of hydrogen-bond donors (Lipinski definition) is 19. The number of carboxylic acids is 1. The van der Waals surface area contributed by atoms with Crippen molar-refractivity contribution in [3.8, 4) is 5.75 Å². The zero-order valence-corrected chi connectivity index (χ0v) is 76.6. The first-order valence-electron chi connectivity index (χ1n) is 44.7. The van der Waals surface area contributed by atoms with Crippen LogP contribution < -0.4 is 80.0 Å². The van der Waals surface area contributed by atoms with Crippen LogP contribution in [0.15, 0.2) is 91.6 Å². The van der Waals surface area contributed by atoms with Gasteiger partial charge >= 0.3 is 5.97 Å². The highest BCUT2D eigenvalue weighted by molar-refractivity contribution is 8.00. The minimum atomic E-state index is -1.99. The van der Waals surface area contributed by atoms with E-state index in [-0.39, 0.29) is 87.5 Å². The number of aliphatic hydroxyl groups is 3. The molecule has 3 saturated heterocycles. The molecule has 10 rings (SSSR count). The molecule has 7 heterocycles. The van der Waals surface area contributed by atoms with Crippen molar-refractivity contribution in [3.05, 3.63) is 114 Å². The lowest BCUT2D eigenvalue weighted by molar-refractivity contribution is -0.149. The molecular weight excluding hydrogens is 1780 g/mol. The average Bonchev–Trinajstić information content (AvgIpc) is 1.65. The predicted molar refractivity (Wildman–Crippen MR) is 487 cm³/mol. The zero-order valence-electron chi connectivity index (χ0n) is 75.8. The molecule has 3 aromatic carbocycles. The number of amides is 17. The number of methoxy groups -OCH3 is 1. The van der Waals surface area contributed by atoms with Gasteiger partial charge in [-0.1, -0.05) is 82.0 Å². The maximum atomic E-state index is 15.8. The number of ether oxygens (including phenoxy) is 1. The third-order valence-corrected chi connectivity index (χ3v) is 25.4. The Labute approximate surface area is 780 Å². The number of thioether (sulfide) groups is 1. The minimum Gasteiger partial charge on any atom is -0.497 e. The van der Waals surface area contributed by atoms with Crippen LogP contribution in [-0.4, -0.2) is 329 Å². The van der Waals surface area contributed by atoms with Crippen LogP contribution in [0, 0.1) is 0 Å². The van der Waals surface area contributed by atoms with E-state index in [1.807, 2.05) is 13.8 Å². The topological polar surface area (TPSA) is 661 Å². The van der Waals surface area contributed by atoms with Crippen molar-refractivity contribution in [3.63, 3.8) is 0 Å². The molecule has 0 radical (unpaired) electrons. The normalized spacial score (nSPS) is 25.0. The Morgan fingerprint density at radius 1 is 0.600 bits per heavy atom. The maximum Gasteiger partial charge on any atom is 0.323 e. The fraction of sp³-hybridized carbons (Fsp3) is 0.517. The van der Waals surface area contributed by atoms with E-state index in [4.69, 9.17) is 21.9 Å². The summed E-state index contributed by atoms with van der Waals surface area (Å²) in [5.74, 6) is -18.2. The van der Waals surface area contributed by atoms with Crippen molar-refractivity contribution in [2.24, 2.45) is 17.2 Å². The molecule has 0 aliphatic carbocycles. The molecule has 45 nitrogen and oxygen atoms in total. The molecule has 4 aliphatic heterocycles. The van der Waals surface area contributed by atoms with Crippen LogP contribution in [0.5, 0.6) is 5.75 Å². The fourth-order valence-electron chi connectivity index (χ4n) is 17.2. The first kappa shape index (κ1) is 103. The van der Waals surface area contributed by atoms with Gasteiger partial charge in [-0.3, -0.25) is 91.2 Å². The van der Waals surface area contributed by atoms with Crippen LogP contribution in [0.2, 0.25) is 0 Å². The number of nitrogens with one attached hydrogen (secondary N) is 12. The summed E-state index contributed by atoms with van der Waals surface area (Å²) < 4.78 is 6.91. The number of carbonyl (C=O) groups is 18. The molecule has 2 bridgehead atoms. The van der Waals surface area contributed by atoms with Crippen molar-refractivity contribution in [2.75, 3.05) is 77.0 Å². The number of carboxylic acid groups (broad SMARTS) is 1. The smallest absolute Gasteiger partial charge is 0.323 e. The summed E-state index contributed by atoms with van der Waals surface area (Å²) >= 11 is 0.943. The number of fused-ring (bicyclic) bond motifs is 8. The summed E-state index contributed by atoms with van der Waals surface area (Å²) in [7, 11) is 3.94. The number of H-pyrrole nitrogens is 2. The Kier molecular flexibility index (Phi) is 37.1. The molecule has 0 saturated carbocycles. The highest BCUT2D eigenvalue weighted by atomic mass is 32.2. The van der Waals surface area contributed by atoms with Crippen LogP contribution >= 0.6 is 11.8 Å². The number of benzene rings is 3. The molecule has 46 heteroatoms. The number of anilines is 1. The van der Waals surface area contributed by atoms with E-state index in [0.29, 0.717) is 57.8 Å². The van der Waals surface area contributed by atoms with Gasteiger partial charge in [0, 0.05) is 124 Å². The molecule has 22 N–H and O–H groups in total. The van der Waals surface area contributed by atoms with Crippen molar-refractivity contribution in [2.45, 2.75) is 221 Å². The van der Waals surface area contributed by atoms with Gasteiger partial charge in [0.1, 0.15) is 90.8 Å². The Hall–Kier alpha value is -13.6. The SMILES string of the molecule is CCCC[C@H]1C(=O)N(C)[C@@H](CCCC)C(=O)N[C@@H](CO)C(=O)N[C@H](CNCC(N)=O)CSCC(=O)N[C@H]2Cc3ccc(OC)cc3N(C2=O)[C@@H](C)C(=O)N[C@@H](CC(N)=O)C(=O)N2CCC[C@H]2C(=O)N[C@@H](Cc2c[nH]cn2)C(=O)N[C@@H](CCC(N)=O)C(=O)N2C[C@H](O)C[C@H]2C(=O)N[C@@H](Cc2c[nH]c3ccccc23)C(=O)N[C@@H](CO)C(=O)N[C@@H](Cc2cn(CC(=O)O)c3ccccc23)C(=O)N1C. The Bertz CT molecular complexity index is 5340. The van der Waals surface area contributed by atoms with Gasteiger partial charge in [-0.25, -0.2) is 4.98 Å². The molecule has 4 aliphatic rings. The van der Waals surface area contributed by atoms with E-state index in [2.05, 4.69) is 68.1 Å². The van der Waals surface area contributed by atoms with Gasteiger partial charge in [-0.2, -0.15) is 0 Å². The lowest BCUT2D eigenvalue weighted by Crippen LogP contribution is -2.62. The van der Waals surface area contributed by atoms with Gasteiger partial charge in [0.05, 0.1) is 68.9 Å². The lowest BCUT2D eigenvalue weighted by Gasteiger charge is -2.38. The molecule has 730 valence electrons. The summed E-state index contributed by atoms with van der Waals surface area (Å²) in [5.41, 5.74) is 19.3. The lowest BCUT2D eigenvalue weighted by atomic mass is 9.95. The number of unbranched alkanes of at least 4 members (excludes halogenated alkanes) is 2. The molecule has 135 heavy (non-hydrogen) atoms. The van der Waals surface area contributed by atoms with E-state index in [0.717, 1.165) is 36.3 Å². The van der Waals surface area contributed by atoms with Crippen LogP contribution in [0.4, 0.5) is 5.69 Å². The number of primary amides is 3. The van der Waals surface area contributed by atoms with Crippen molar-refractivity contribution in [1.29, 1.82) is 0 Å². The highest BCUT2D eigenvalue weighted by Gasteiger charge is 2.48. The van der Waals surface area contributed by atoms with Crippen LogP contribution in [-0.2, 0) is 119 Å². The number of nitrogens with zero attached hydrogens (tertiary/aromatic N) is 7. The Morgan fingerprint density at radius 2 is 1.20 bits per heavy atom. The highest BCUT2D eigenvalue weighted by Crippen LogP contribution is 2.35. The summed E-state index contributed by atoms with van der Waals surface area (Å²) in [4.78, 5) is 276. The molecular formula is C89H120N22O23S. The van der Waals surface area contributed by atoms with Crippen molar-refractivity contribution >= 4 is 146 Å². The number of likely N-dealkylation sites (N-methyl/N-ethyl adjacent to an activating group) is 2. The third-order valence-electron chi connectivity index (χ3n) is 24.3. The molecule has 17 amide bonds. The van der Waals surface area contributed by atoms with Gasteiger partial charge in [0.25, 0.3) is 5.91 Å². The first-order valence-corrected chi connectivity index (χ1v) is 45.8. The van der Waals surface area contributed by atoms with E-state index in [1.165, 1.54) is 57.5 Å². The summed E-state index contributed by atoms with van der Waals surface area (Å²) in [6.45, 7) is 0.840. The van der Waals surface area contributed by atoms with E-state index >= 15 is 38.4 Å². The summed E-state index contributed by atoms with van der Waals surface area (Å²) in [6, 6.07) is -4.41. The monoisotopic (exact) mass is 1900 g/mol. The van der Waals surface area contributed by atoms with Crippen LogP contribution in [0.25, 0.3) is 21.8 Å². The maximum absolute atomic E-state index is 15.8. The average molecular weight is 1900 g/mol. The molecule has 0 spiro atoms. The summed E-state index contributed by atoms with van der Waals surface area (Å²) in [5, 5.41) is 71.1. The zero-order chi connectivity index (χ0) is 98.2. The Morgan fingerprint density at radius 3 is 1.85 bits per heavy atom. The molecule has 3 aromatic heterocycles. The minimum absolute atomic E-state index is 0.0399. The number of carbonyl (C=O) groups excluding carboxylic acids is 17. The van der Waals surface area contributed by atoms with Gasteiger partial charge in [0.15, 0.2) is 0 Å². The number of para-hydroxylation sites is 2. The number of aliphatic carboxylic acids is 1. The van der Waals surface area contributed by atoms with E-state index < -0.39 is 268 Å². The number of nitrogens with two attached hydrogens (primary N) is 3. The van der Waals surface area contributed by atoms with Gasteiger partial charge < -0.3 is 130 Å². The predicted octanol–water partition coefficient (Wildman–Crippen LogP) is -4.76. The standard InChI is InChI=1S/C89H120N22O23S/c1-7-9-19-67-82(126)105-64(42-112)80(124)97-52(37-93-38-74(92)117)44-135-45-75(118)98-62-28-48-23-24-54(134-6)33-70(48)111(88(62)132)47(3)77(121)102-63(34-73(91)116)87(131)109-27-15-22-68(109)83(127)101-60(31-51-36-94-46-96-51)79(123)99-58(25-26-72(90)115)86(130)110-40-53(114)32-71(110)84(128)100-59(29-49-35-95-57-18-13-11-16-55(49)57)78(122)104-65(43-113)81(125)103-61(85(129)107(5)69(20-10-8-2)89(133)106(67)4)30-50-39-108(41-76(119)120)66-21-14-12-17-56(50)66/h11-14,16-18,21,23-24,33,35-36,39,46-47,52-53,58-65,67-69,71,93,95,112-114H,7-10,15,19-20,22,25-32,34,37-38,40-45H2,1-6H3,(H2,90,115)(H2,91,116)(H2,92,117)(H,94,96)(H,97,124)(H,98,118)(H,99,123)(H,100,128)(H,101,127)(H,102,121)(H,103,125)(H,104,122)(H,105,126)(H,119,120)/t47-,52+,53+,58-,59-,60-,61-,62-,63-,64-,65-,67-,68-,69-,71-/m0/s1. The van der Waals surface area contributed by atoms with Gasteiger partial charge in [0.2, 0.25) is 94.5 Å². The second-order valence-electron chi connectivity index (χ2n) is 34.0. The number of aromatic nitrogens is 4. The molecule has 6 aromatic rings. The largest absolute Gasteiger partial charge is 0.497 e. The number of rotatable bonds is 26. The van der Waals surface area contributed by atoms with E-state index in [1.54, 1.807) is 66.9 Å². The van der Waals surface area contributed by atoms with Crippen molar-refractivity contribution in [1.82, 2.24) is 92.3 Å². The van der Waals surface area contributed by atoms with Crippen LogP contribution in [0.1, 0.15) is 120 Å². The van der Waals surface area contributed by atoms with E-state index in [9.17, 15) is 68.4 Å². The van der Waals surface area contributed by atoms with Gasteiger partial charge in [-0.15, -0.1) is 11.8 Å².